The number of rotatable bonds is 2. The van der Waals surface area contributed by atoms with Crippen LogP contribution in [0.25, 0.3) is 0 Å². The second-order valence-electron chi connectivity index (χ2n) is 3.49. The van der Waals surface area contributed by atoms with Crippen LogP contribution in [-0.4, -0.2) is 18.2 Å². The molecule has 1 aliphatic rings. The molecule has 64 valence electrons. The SMILES string of the molecule is CC(C)C[C@H]1NC(=O)O[C@@H]1C. The molecule has 0 bridgehead atoms. The molecule has 0 aromatic heterocycles. The summed E-state index contributed by atoms with van der Waals surface area (Å²) in [6.07, 6.45) is 0.750. The fraction of sp³-hybridized carbons (Fsp3) is 0.875. The summed E-state index contributed by atoms with van der Waals surface area (Å²) < 4.78 is 4.92. The third-order valence-electron chi connectivity index (χ3n) is 1.89. The molecular formula is C8H15NO2. The number of amides is 1. The summed E-state index contributed by atoms with van der Waals surface area (Å²) in [6.45, 7) is 6.19. The minimum atomic E-state index is -0.275. The van der Waals surface area contributed by atoms with Gasteiger partial charge in [0, 0.05) is 0 Å². The quantitative estimate of drug-likeness (QED) is 0.660. The first-order valence-corrected chi connectivity index (χ1v) is 4.06. The van der Waals surface area contributed by atoms with E-state index in [1.807, 2.05) is 6.92 Å². The molecule has 1 saturated heterocycles. The number of cyclic esters (lactones) is 1. The molecule has 1 fully saturated rings. The van der Waals surface area contributed by atoms with Crippen molar-refractivity contribution in [1.82, 2.24) is 5.32 Å². The van der Waals surface area contributed by atoms with Gasteiger partial charge in [0.25, 0.3) is 0 Å². The maximum atomic E-state index is 10.7. The van der Waals surface area contributed by atoms with Gasteiger partial charge in [0.05, 0.1) is 6.04 Å². The molecule has 1 rings (SSSR count). The molecule has 3 nitrogen and oxygen atoms in total. The van der Waals surface area contributed by atoms with Crippen LogP contribution in [0.4, 0.5) is 4.79 Å². The number of ether oxygens (including phenoxy) is 1. The van der Waals surface area contributed by atoms with Crippen LogP contribution in [0.15, 0.2) is 0 Å². The maximum Gasteiger partial charge on any atom is 0.407 e. The standard InChI is InChI=1S/C8H15NO2/c1-5(2)4-7-6(3)11-8(10)9-7/h5-7H,4H2,1-3H3,(H,9,10)/t6-,7-/m1/s1. The van der Waals surface area contributed by atoms with Crippen molar-refractivity contribution < 1.29 is 9.53 Å². The molecule has 0 saturated carbocycles. The minimum absolute atomic E-state index is 0.0323. The highest BCUT2D eigenvalue weighted by molar-refractivity contribution is 5.70. The third kappa shape index (κ3) is 2.10. The topological polar surface area (TPSA) is 38.3 Å². The van der Waals surface area contributed by atoms with Gasteiger partial charge in [-0.15, -0.1) is 0 Å². The Morgan fingerprint density at radius 1 is 1.64 bits per heavy atom. The van der Waals surface area contributed by atoms with E-state index in [1.54, 1.807) is 0 Å². The lowest BCUT2D eigenvalue weighted by Gasteiger charge is -2.14. The highest BCUT2D eigenvalue weighted by atomic mass is 16.6. The Hall–Kier alpha value is -0.730. The number of alkyl carbamates (subject to hydrolysis) is 1. The molecule has 0 spiro atoms. The summed E-state index contributed by atoms with van der Waals surface area (Å²) in [6, 6.07) is 0.211. The van der Waals surface area contributed by atoms with Gasteiger partial charge in [0.15, 0.2) is 0 Å². The summed E-state index contributed by atoms with van der Waals surface area (Å²) in [4.78, 5) is 10.7. The van der Waals surface area contributed by atoms with Crippen molar-refractivity contribution in [3.05, 3.63) is 0 Å². The lowest BCUT2D eigenvalue weighted by molar-refractivity contribution is 0.138. The van der Waals surface area contributed by atoms with Crippen LogP contribution < -0.4 is 5.32 Å². The fourth-order valence-electron chi connectivity index (χ4n) is 1.31. The summed E-state index contributed by atoms with van der Waals surface area (Å²) in [5.74, 6) is 0.601. The molecule has 0 radical (unpaired) electrons. The second kappa shape index (κ2) is 3.11. The predicted molar refractivity (Wildman–Crippen MR) is 42.3 cm³/mol. The molecule has 1 aliphatic heterocycles. The maximum absolute atomic E-state index is 10.7. The highest BCUT2D eigenvalue weighted by Gasteiger charge is 2.30. The van der Waals surface area contributed by atoms with Crippen LogP contribution in [-0.2, 0) is 4.74 Å². The molecule has 0 aromatic carbocycles. The molecule has 0 aliphatic carbocycles. The second-order valence-corrected chi connectivity index (χ2v) is 3.49. The zero-order chi connectivity index (χ0) is 8.43. The monoisotopic (exact) mass is 157 g/mol. The van der Waals surface area contributed by atoms with Crippen LogP contribution in [0.1, 0.15) is 27.2 Å². The number of nitrogens with one attached hydrogen (secondary N) is 1. The molecular weight excluding hydrogens is 142 g/mol. The Morgan fingerprint density at radius 3 is 2.64 bits per heavy atom. The molecule has 1 amide bonds. The van der Waals surface area contributed by atoms with E-state index in [0.29, 0.717) is 5.92 Å². The summed E-state index contributed by atoms with van der Waals surface area (Å²) in [5.41, 5.74) is 0. The largest absolute Gasteiger partial charge is 0.444 e. The number of carbonyl (C=O) groups excluding carboxylic acids is 1. The van der Waals surface area contributed by atoms with Crippen molar-refractivity contribution in [2.75, 3.05) is 0 Å². The molecule has 2 atom stereocenters. The molecule has 0 aromatic rings. The van der Waals surface area contributed by atoms with Gasteiger partial charge in [-0.3, -0.25) is 0 Å². The van der Waals surface area contributed by atoms with Crippen molar-refractivity contribution in [2.24, 2.45) is 5.92 Å². The zero-order valence-corrected chi connectivity index (χ0v) is 7.26. The van der Waals surface area contributed by atoms with Crippen LogP contribution >= 0.6 is 0 Å². The Labute approximate surface area is 67.1 Å². The van der Waals surface area contributed by atoms with Crippen molar-refractivity contribution in [3.63, 3.8) is 0 Å². The average molecular weight is 157 g/mol. The normalized spacial score (nSPS) is 30.4. The van der Waals surface area contributed by atoms with Crippen LogP contribution in [0.5, 0.6) is 0 Å². The zero-order valence-electron chi connectivity index (χ0n) is 7.26. The average Bonchev–Trinajstić information content (AvgIpc) is 2.09. The first kappa shape index (κ1) is 8.37. The first-order chi connectivity index (χ1) is 5.09. The predicted octanol–water partition coefficient (Wildman–Crippen LogP) is 1.53. The Kier molecular flexibility index (Phi) is 2.37. The Balaban J connectivity index is 2.40. The van der Waals surface area contributed by atoms with Crippen molar-refractivity contribution >= 4 is 6.09 Å². The molecule has 3 heteroatoms. The number of hydrogen-bond donors (Lipinski definition) is 1. The Morgan fingerprint density at radius 2 is 2.27 bits per heavy atom. The summed E-state index contributed by atoms with van der Waals surface area (Å²) in [7, 11) is 0. The smallest absolute Gasteiger partial charge is 0.407 e. The van der Waals surface area contributed by atoms with E-state index < -0.39 is 0 Å². The van der Waals surface area contributed by atoms with Gasteiger partial charge in [-0.05, 0) is 19.3 Å². The molecule has 1 heterocycles. The minimum Gasteiger partial charge on any atom is -0.444 e. The van der Waals surface area contributed by atoms with Crippen molar-refractivity contribution in [2.45, 2.75) is 39.3 Å². The van der Waals surface area contributed by atoms with E-state index in [0.717, 1.165) is 6.42 Å². The van der Waals surface area contributed by atoms with Crippen LogP contribution in [0, 0.1) is 5.92 Å². The van der Waals surface area contributed by atoms with E-state index in [1.165, 1.54) is 0 Å². The van der Waals surface area contributed by atoms with Gasteiger partial charge < -0.3 is 10.1 Å². The van der Waals surface area contributed by atoms with Gasteiger partial charge in [-0.25, -0.2) is 4.79 Å². The molecule has 1 N–H and O–H groups in total. The van der Waals surface area contributed by atoms with Crippen molar-refractivity contribution in [3.8, 4) is 0 Å². The van der Waals surface area contributed by atoms with E-state index in [2.05, 4.69) is 19.2 Å². The highest BCUT2D eigenvalue weighted by Crippen LogP contribution is 2.15. The summed E-state index contributed by atoms with van der Waals surface area (Å²) >= 11 is 0. The lowest BCUT2D eigenvalue weighted by atomic mass is 10.0. The van der Waals surface area contributed by atoms with Gasteiger partial charge >= 0.3 is 6.09 Å². The molecule has 11 heavy (non-hydrogen) atoms. The number of hydrogen-bond acceptors (Lipinski definition) is 2. The van der Waals surface area contributed by atoms with Gasteiger partial charge in [-0.2, -0.15) is 0 Å². The lowest BCUT2D eigenvalue weighted by Crippen LogP contribution is -2.31. The Bertz CT molecular complexity index is 156. The van der Waals surface area contributed by atoms with Crippen LogP contribution in [0.3, 0.4) is 0 Å². The van der Waals surface area contributed by atoms with E-state index in [4.69, 9.17) is 4.74 Å². The fourth-order valence-corrected chi connectivity index (χ4v) is 1.31. The van der Waals surface area contributed by atoms with E-state index in [9.17, 15) is 4.79 Å². The summed E-state index contributed by atoms with van der Waals surface area (Å²) in [5, 5.41) is 2.77. The first-order valence-electron chi connectivity index (χ1n) is 4.06. The van der Waals surface area contributed by atoms with Gasteiger partial charge in [-0.1, -0.05) is 13.8 Å². The van der Waals surface area contributed by atoms with Crippen molar-refractivity contribution in [1.29, 1.82) is 0 Å². The molecule has 0 unspecified atom stereocenters. The van der Waals surface area contributed by atoms with E-state index >= 15 is 0 Å². The van der Waals surface area contributed by atoms with E-state index in [-0.39, 0.29) is 18.2 Å². The van der Waals surface area contributed by atoms with Crippen LogP contribution in [0.2, 0.25) is 0 Å². The third-order valence-corrected chi connectivity index (χ3v) is 1.89. The van der Waals surface area contributed by atoms with Gasteiger partial charge in [0.2, 0.25) is 0 Å². The van der Waals surface area contributed by atoms with Gasteiger partial charge in [0.1, 0.15) is 6.10 Å². The number of carbonyl (C=O) groups is 1.